The first kappa shape index (κ1) is 9.47. The smallest absolute Gasteiger partial charge is 0.218 e. The summed E-state index contributed by atoms with van der Waals surface area (Å²) >= 11 is 0. The highest BCUT2D eigenvalue weighted by molar-refractivity contribution is 5.80. The lowest BCUT2D eigenvalue weighted by Gasteiger charge is -2.06. The highest BCUT2D eigenvalue weighted by atomic mass is 16.5. The summed E-state index contributed by atoms with van der Waals surface area (Å²) in [5.74, 6) is 7.06. The summed E-state index contributed by atoms with van der Waals surface area (Å²) < 4.78 is 7.38. The molecular formula is C11H14N4O. The zero-order valence-corrected chi connectivity index (χ0v) is 9.10. The van der Waals surface area contributed by atoms with Crippen LogP contribution in [0.4, 0.5) is 5.95 Å². The highest BCUT2D eigenvalue weighted by Gasteiger charge is 2.28. The molecule has 1 aromatic heterocycles. The first-order valence-corrected chi connectivity index (χ1v) is 5.36. The van der Waals surface area contributed by atoms with Crippen LogP contribution in [-0.2, 0) is 0 Å². The second-order valence-corrected chi connectivity index (χ2v) is 4.04. The summed E-state index contributed by atoms with van der Waals surface area (Å²) in [6.45, 7) is 0. The number of benzene rings is 1. The molecule has 0 radical (unpaired) electrons. The molecule has 3 rings (SSSR count). The number of hydrazine groups is 1. The van der Waals surface area contributed by atoms with Gasteiger partial charge in [-0.3, -0.25) is 5.43 Å². The lowest BCUT2D eigenvalue weighted by Crippen LogP contribution is -2.12. The van der Waals surface area contributed by atoms with Crippen LogP contribution in [0, 0.1) is 0 Å². The fourth-order valence-electron chi connectivity index (χ4n) is 2.00. The van der Waals surface area contributed by atoms with E-state index < -0.39 is 0 Å². The molecule has 0 spiro atoms. The number of nitrogens with two attached hydrogens (primary N) is 1. The third-order valence-corrected chi connectivity index (χ3v) is 2.94. The van der Waals surface area contributed by atoms with Crippen molar-refractivity contribution in [2.45, 2.75) is 18.9 Å². The Labute approximate surface area is 93.2 Å². The number of hydrogen-bond donors (Lipinski definition) is 2. The van der Waals surface area contributed by atoms with Crippen LogP contribution in [0.15, 0.2) is 18.2 Å². The molecule has 2 aromatic rings. The van der Waals surface area contributed by atoms with Crippen LogP contribution >= 0.6 is 0 Å². The number of fused-ring (bicyclic) bond motifs is 1. The molecule has 1 heterocycles. The average molecular weight is 218 g/mol. The Kier molecular flexibility index (Phi) is 2.00. The van der Waals surface area contributed by atoms with E-state index in [9.17, 15) is 0 Å². The van der Waals surface area contributed by atoms with Crippen LogP contribution < -0.4 is 16.0 Å². The maximum atomic E-state index is 5.49. The van der Waals surface area contributed by atoms with E-state index in [1.165, 1.54) is 12.8 Å². The molecule has 84 valence electrons. The number of aromatic nitrogens is 2. The summed E-state index contributed by atoms with van der Waals surface area (Å²) in [7, 11) is 1.67. The molecule has 0 aliphatic heterocycles. The Balaban J connectivity index is 2.24. The zero-order chi connectivity index (χ0) is 11.1. The van der Waals surface area contributed by atoms with Crippen molar-refractivity contribution in [2.75, 3.05) is 12.5 Å². The summed E-state index contributed by atoms with van der Waals surface area (Å²) in [5.41, 5.74) is 4.68. The molecule has 0 saturated heterocycles. The Morgan fingerprint density at radius 3 is 2.94 bits per heavy atom. The van der Waals surface area contributed by atoms with Crippen molar-refractivity contribution in [2.24, 2.45) is 5.84 Å². The minimum Gasteiger partial charge on any atom is -0.497 e. The normalized spacial score (nSPS) is 15.4. The lowest BCUT2D eigenvalue weighted by atomic mass is 10.3. The van der Waals surface area contributed by atoms with Crippen LogP contribution in [0.3, 0.4) is 0 Å². The maximum absolute atomic E-state index is 5.49. The van der Waals surface area contributed by atoms with Gasteiger partial charge in [-0.25, -0.2) is 10.8 Å². The minimum absolute atomic E-state index is 0.531. The summed E-state index contributed by atoms with van der Waals surface area (Å²) in [4.78, 5) is 4.44. The van der Waals surface area contributed by atoms with E-state index in [0.29, 0.717) is 6.04 Å². The highest BCUT2D eigenvalue weighted by Crippen LogP contribution is 2.40. The van der Waals surface area contributed by atoms with Crippen molar-refractivity contribution in [1.82, 2.24) is 9.55 Å². The third-order valence-electron chi connectivity index (χ3n) is 2.94. The van der Waals surface area contributed by atoms with Gasteiger partial charge in [0.05, 0.1) is 18.1 Å². The number of methoxy groups -OCH3 is 1. The van der Waals surface area contributed by atoms with Crippen molar-refractivity contribution in [3.05, 3.63) is 18.2 Å². The molecule has 5 heteroatoms. The van der Waals surface area contributed by atoms with E-state index in [-0.39, 0.29) is 0 Å². The van der Waals surface area contributed by atoms with Crippen LogP contribution in [0.25, 0.3) is 11.0 Å². The van der Waals surface area contributed by atoms with E-state index in [0.717, 1.165) is 22.7 Å². The molecule has 5 nitrogen and oxygen atoms in total. The fraction of sp³-hybridized carbons (Fsp3) is 0.364. The van der Waals surface area contributed by atoms with Gasteiger partial charge in [0.1, 0.15) is 5.75 Å². The second-order valence-electron chi connectivity index (χ2n) is 4.04. The molecule has 16 heavy (non-hydrogen) atoms. The van der Waals surface area contributed by atoms with Gasteiger partial charge in [0.15, 0.2) is 0 Å². The van der Waals surface area contributed by atoms with Crippen molar-refractivity contribution >= 4 is 17.0 Å². The number of nitrogens with one attached hydrogen (secondary N) is 1. The molecule has 1 aliphatic carbocycles. The molecule has 0 unspecified atom stereocenters. The largest absolute Gasteiger partial charge is 0.497 e. The van der Waals surface area contributed by atoms with Crippen LogP contribution in [0.5, 0.6) is 5.75 Å². The molecule has 0 atom stereocenters. The van der Waals surface area contributed by atoms with E-state index in [1.807, 2.05) is 18.2 Å². The van der Waals surface area contributed by atoms with Gasteiger partial charge in [-0.2, -0.15) is 0 Å². The maximum Gasteiger partial charge on any atom is 0.218 e. The quantitative estimate of drug-likeness (QED) is 0.607. The van der Waals surface area contributed by atoms with Gasteiger partial charge < -0.3 is 9.30 Å². The van der Waals surface area contributed by atoms with E-state index in [2.05, 4.69) is 15.0 Å². The zero-order valence-electron chi connectivity index (χ0n) is 9.10. The number of rotatable bonds is 3. The van der Waals surface area contributed by atoms with Crippen LogP contribution in [0.2, 0.25) is 0 Å². The molecule has 1 aromatic carbocycles. The Morgan fingerprint density at radius 1 is 1.50 bits per heavy atom. The summed E-state index contributed by atoms with van der Waals surface area (Å²) in [5, 5.41) is 0. The van der Waals surface area contributed by atoms with Gasteiger partial charge in [-0.1, -0.05) is 0 Å². The minimum atomic E-state index is 0.531. The molecule has 1 aliphatic rings. The first-order chi connectivity index (χ1) is 7.83. The molecule has 3 N–H and O–H groups in total. The van der Waals surface area contributed by atoms with Crippen molar-refractivity contribution in [3.63, 3.8) is 0 Å². The van der Waals surface area contributed by atoms with E-state index >= 15 is 0 Å². The number of anilines is 1. The monoisotopic (exact) mass is 218 g/mol. The topological polar surface area (TPSA) is 65.1 Å². The Hall–Kier alpha value is -1.75. The van der Waals surface area contributed by atoms with Crippen LogP contribution in [0.1, 0.15) is 18.9 Å². The van der Waals surface area contributed by atoms with Crippen molar-refractivity contribution in [1.29, 1.82) is 0 Å². The van der Waals surface area contributed by atoms with E-state index in [4.69, 9.17) is 10.6 Å². The number of nitrogen functional groups attached to an aromatic ring is 1. The van der Waals surface area contributed by atoms with Gasteiger partial charge in [-0.15, -0.1) is 0 Å². The average Bonchev–Trinajstić information content (AvgIpc) is 3.09. The molecular weight excluding hydrogens is 204 g/mol. The Bertz CT molecular complexity index is 530. The van der Waals surface area contributed by atoms with Crippen LogP contribution in [-0.4, -0.2) is 16.7 Å². The second kappa shape index (κ2) is 3.38. The molecule has 0 bridgehead atoms. The fourth-order valence-corrected chi connectivity index (χ4v) is 2.00. The standard InChI is InChI=1S/C11H14N4O/c1-16-8-4-5-9-10(6-8)15(7-2-3-7)11(13-9)14-12/h4-7H,2-3,12H2,1H3,(H,13,14). The summed E-state index contributed by atoms with van der Waals surface area (Å²) in [6.07, 6.45) is 2.38. The number of imidazole rings is 1. The van der Waals surface area contributed by atoms with Gasteiger partial charge in [0.2, 0.25) is 5.95 Å². The SMILES string of the molecule is COc1ccc2nc(NN)n(C3CC3)c2c1. The lowest BCUT2D eigenvalue weighted by molar-refractivity contribution is 0.415. The predicted molar refractivity (Wildman–Crippen MR) is 62.4 cm³/mol. The van der Waals surface area contributed by atoms with Gasteiger partial charge in [0.25, 0.3) is 0 Å². The molecule has 1 saturated carbocycles. The van der Waals surface area contributed by atoms with Crippen molar-refractivity contribution in [3.8, 4) is 5.75 Å². The van der Waals surface area contributed by atoms with E-state index in [1.54, 1.807) is 7.11 Å². The Morgan fingerprint density at radius 2 is 2.31 bits per heavy atom. The number of hydrogen-bond acceptors (Lipinski definition) is 4. The van der Waals surface area contributed by atoms with Crippen molar-refractivity contribution < 1.29 is 4.74 Å². The number of ether oxygens (including phenoxy) is 1. The predicted octanol–water partition coefficient (Wildman–Crippen LogP) is 1.67. The third kappa shape index (κ3) is 1.32. The van der Waals surface area contributed by atoms with Gasteiger partial charge >= 0.3 is 0 Å². The first-order valence-electron chi connectivity index (χ1n) is 5.36. The van der Waals surface area contributed by atoms with Gasteiger partial charge in [0, 0.05) is 12.1 Å². The molecule has 1 fully saturated rings. The summed E-state index contributed by atoms with van der Waals surface area (Å²) in [6, 6.07) is 6.39. The number of nitrogens with zero attached hydrogens (tertiary/aromatic N) is 2. The molecule has 0 amide bonds. The van der Waals surface area contributed by atoms with Gasteiger partial charge in [-0.05, 0) is 25.0 Å².